The van der Waals surface area contributed by atoms with Gasteiger partial charge in [0.25, 0.3) is 0 Å². The lowest BCUT2D eigenvalue weighted by Crippen LogP contribution is -2.44. The Labute approximate surface area is 111 Å². The zero-order valence-electron chi connectivity index (χ0n) is 10.3. The summed E-state index contributed by atoms with van der Waals surface area (Å²) in [6.45, 7) is 0.397. The third-order valence-electron chi connectivity index (χ3n) is 3.19. The van der Waals surface area contributed by atoms with E-state index in [1.807, 2.05) is 18.2 Å². The monoisotopic (exact) mass is 268 g/mol. The second-order valence-electron chi connectivity index (χ2n) is 4.65. The number of nitrogens with two attached hydrogens (primary N) is 1. The molecule has 1 aromatic carbocycles. The van der Waals surface area contributed by atoms with Gasteiger partial charge in [-0.15, -0.1) is 0 Å². The van der Waals surface area contributed by atoms with Crippen LogP contribution in [0.15, 0.2) is 24.3 Å². The van der Waals surface area contributed by atoms with Crippen molar-refractivity contribution in [1.82, 2.24) is 5.32 Å². The SMILES string of the molecule is COC(CNC(=O)C1(N)CC1)c1cccc(Cl)c1. The fourth-order valence-electron chi connectivity index (χ4n) is 1.77. The lowest BCUT2D eigenvalue weighted by atomic mass is 10.1. The molecule has 0 aromatic heterocycles. The molecule has 0 saturated heterocycles. The molecule has 18 heavy (non-hydrogen) atoms. The summed E-state index contributed by atoms with van der Waals surface area (Å²) in [5.74, 6) is -0.105. The summed E-state index contributed by atoms with van der Waals surface area (Å²) in [7, 11) is 1.60. The van der Waals surface area contributed by atoms with Crippen LogP contribution in [0.4, 0.5) is 0 Å². The van der Waals surface area contributed by atoms with Gasteiger partial charge in [0.2, 0.25) is 5.91 Å². The number of methoxy groups -OCH3 is 1. The van der Waals surface area contributed by atoms with Gasteiger partial charge in [0.1, 0.15) is 0 Å². The molecule has 1 fully saturated rings. The molecular formula is C13H17ClN2O2. The van der Waals surface area contributed by atoms with Crippen molar-refractivity contribution >= 4 is 17.5 Å². The van der Waals surface area contributed by atoms with Crippen LogP contribution in [-0.2, 0) is 9.53 Å². The molecule has 1 atom stereocenters. The van der Waals surface area contributed by atoms with E-state index in [1.165, 1.54) is 0 Å². The van der Waals surface area contributed by atoms with Crippen molar-refractivity contribution in [2.45, 2.75) is 24.5 Å². The Morgan fingerprint density at radius 2 is 2.33 bits per heavy atom. The number of halogens is 1. The summed E-state index contributed by atoms with van der Waals surface area (Å²) < 4.78 is 5.36. The minimum absolute atomic E-state index is 0.105. The summed E-state index contributed by atoms with van der Waals surface area (Å²) in [5, 5.41) is 3.47. The fourth-order valence-corrected chi connectivity index (χ4v) is 1.97. The Balaban J connectivity index is 1.95. The minimum atomic E-state index is -0.646. The van der Waals surface area contributed by atoms with Crippen LogP contribution in [0.2, 0.25) is 5.02 Å². The molecule has 0 spiro atoms. The van der Waals surface area contributed by atoms with E-state index in [0.717, 1.165) is 18.4 Å². The van der Waals surface area contributed by atoms with Gasteiger partial charge in [-0.3, -0.25) is 4.79 Å². The van der Waals surface area contributed by atoms with Crippen molar-refractivity contribution in [3.05, 3.63) is 34.9 Å². The highest BCUT2D eigenvalue weighted by Crippen LogP contribution is 2.32. The summed E-state index contributed by atoms with van der Waals surface area (Å²) in [6.07, 6.45) is 1.30. The van der Waals surface area contributed by atoms with E-state index in [0.29, 0.717) is 11.6 Å². The van der Waals surface area contributed by atoms with Crippen molar-refractivity contribution in [2.24, 2.45) is 5.73 Å². The zero-order chi connectivity index (χ0) is 13.2. The Kier molecular flexibility index (Phi) is 3.90. The van der Waals surface area contributed by atoms with Crippen molar-refractivity contribution in [1.29, 1.82) is 0 Å². The van der Waals surface area contributed by atoms with Gasteiger partial charge in [0.05, 0.1) is 11.6 Å². The molecule has 0 bridgehead atoms. The molecule has 1 unspecified atom stereocenters. The molecule has 98 valence electrons. The van der Waals surface area contributed by atoms with Gasteiger partial charge in [-0.25, -0.2) is 0 Å². The van der Waals surface area contributed by atoms with E-state index < -0.39 is 5.54 Å². The van der Waals surface area contributed by atoms with Crippen molar-refractivity contribution in [2.75, 3.05) is 13.7 Å². The molecule has 1 aromatic rings. The van der Waals surface area contributed by atoms with Crippen molar-refractivity contribution in [3.63, 3.8) is 0 Å². The van der Waals surface area contributed by atoms with E-state index in [-0.39, 0.29) is 12.0 Å². The number of carbonyl (C=O) groups excluding carboxylic acids is 1. The van der Waals surface area contributed by atoms with Gasteiger partial charge in [0, 0.05) is 18.7 Å². The number of amides is 1. The maximum absolute atomic E-state index is 11.7. The molecule has 0 heterocycles. The molecular weight excluding hydrogens is 252 g/mol. The first-order valence-corrected chi connectivity index (χ1v) is 6.28. The van der Waals surface area contributed by atoms with Crippen LogP contribution >= 0.6 is 11.6 Å². The zero-order valence-corrected chi connectivity index (χ0v) is 11.0. The number of nitrogens with one attached hydrogen (secondary N) is 1. The van der Waals surface area contributed by atoms with Crippen LogP contribution in [0, 0.1) is 0 Å². The van der Waals surface area contributed by atoms with E-state index in [9.17, 15) is 4.79 Å². The summed E-state index contributed by atoms with van der Waals surface area (Å²) in [6, 6.07) is 7.41. The van der Waals surface area contributed by atoms with Gasteiger partial charge in [0.15, 0.2) is 0 Å². The molecule has 2 rings (SSSR count). The van der Waals surface area contributed by atoms with Crippen molar-refractivity contribution in [3.8, 4) is 0 Å². The maximum atomic E-state index is 11.7. The van der Waals surface area contributed by atoms with Crippen molar-refractivity contribution < 1.29 is 9.53 Å². The predicted octanol–water partition coefficient (Wildman–Crippen LogP) is 1.64. The van der Waals surface area contributed by atoms with Crippen LogP contribution in [0.25, 0.3) is 0 Å². The van der Waals surface area contributed by atoms with Crippen LogP contribution in [0.3, 0.4) is 0 Å². The van der Waals surface area contributed by atoms with E-state index >= 15 is 0 Å². The number of ether oxygens (including phenoxy) is 1. The van der Waals surface area contributed by atoms with E-state index in [4.69, 9.17) is 22.1 Å². The predicted molar refractivity (Wildman–Crippen MR) is 70.4 cm³/mol. The second kappa shape index (κ2) is 5.26. The standard InChI is InChI=1S/C13H17ClN2O2/c1-18-11(9-3-2-4-10(14)7-9)8-16-12(17)13(15)5-6-13/h2-4,7,11H,5-6,8,15H2,1H3,(H,16,17). The Morgan fingerprint density at radius 3 is 2.89 bits per heavy atom. The molecule has 1 amide bonds. The smallest absolute Gasteiger partial charge is 0.240 e. The number of carbonyl (C=O) groups is 1. The van der Waals surface area contributed by atoms with E-state index in [1.54, 1.807) is 13.2 Å². The number of rotatable bonds is 5. The van der Waals surface area contributed by atoms with Gasteiger partial charge in [-0.1, -0.05) is 23.7 Å². The molecule has 3 N–H and O–H groups in total. The quantitative estimate of drug-likeness (QED) is 0.853. The molecule has 5 heteroatoms. The topological polar surface area (TPSA) is 64.3 Å². The van der Waals surface area contributed by atoms with Gasteiger partial charge in [-0.05, 0) is 30.5 Å². The Bertz CT molecular complexity index is 446. The van der Waals surface area contributed by atoms with E-state index in [2.05, 4.69) is 5.32 Å². The van der Waals surface area contributed by atoms with Gasteiger partial charge in [-0.2, -0.15) is 0 Å². The summed E-state index contributed by atoms with van der Waals surface area (Å²) in [5.41, 5.74) is 6.10. The number of hydrogen-bond acceptors (Lipinski definition) is 3. The lowest BCUT2D eigenvalue weighted by molar-refractivity contribution is -0.123. The first-order valence-electron chi connectivity index (χ1n) is 5.90. The van der Waals surface area contributed by atoms with Crippen LogP contribution in [0.5, 0.6) is 0 Å². The maximum Gasteiger partial charge on any atom is 0.240 e. The van der Waals surface area contributed by atoms with Gasteiger partial charge >= 0.3 is 0 Å². The molecule has 4 nitrogen and oxygen atoms in total. The summed E-state index contributed by atoms with van der Waals surface area (Å²) >= 11 is 5.93. The Morgan fingerprint density at radius 1 is 1.61 bits per heavy atom. The van der Waals surface area contributed by atoms with Crippen LogP contribution < -0.4 is 11.1 Å². The molecule has 1 aliphatic rings. The highest BCUT2D eigenvalue weighted by Gasteiger charge is 2.45. The van der Waals surface area contributed by atoms with Crippen LogP contribution in [0.1, 0.15) is 24.5 Å². The highest BCUT2D eigenvalue weighted by molar-refractivity contribution is 6.30. The first-order chi connectivity index (χ1) is 8.55. The highest BCUT2D eigenvalue weighted by atomic mass is 35.5. The summed E-state index contributed by atoms with van der Waals surface area (Å²) in [4.78, 5) is 11.7. The average molecular weight is 269 g/mol. The van der Waals surface area contributed by atoms with Crippen LogP contribution in [-0.4, -0.2) is 25.1 Å². The average Bonchev–Trinajstić information content (AvgIpc) is 3.09. The molecule has 1 saturated carbocycles. The minimum Gasteiger partial charge on any atom is -0.375 e. The Hall–Kier alpha value is -1.10. The number of benzene rings is 1. The largest absolute Gasteiger partial charge is 0.375 e. The fraction of sp³-hybridized carbons (Fsp3) is 0.462. The first kappa shape index (κ1) is 13.3. The molecule has 0 radical (unpaired) electrons. The molecule has 1 aliphatic carbocycles. The normalized spacial score (nSPS) is 18.2. The third-order valence-corrected chi connectivity index (χ3v) is 3.43. The molecule has 0 aliphatic heterocycles. The third kappa shape index (κ3) is 3.02. The number of hydrogen-bond donors (Lipinski definition) is 2. The van der Waals surface area contributed by atoms with Gasteiger partial charge < -0.3 is 15.8 Å². The second-order valence-corrected chi connectivity index (χ2v) is 5.08. The lowest BCUT2D eigenvalue weighted by Gasteiger charge is -2.18.